The second kappa shape index (κ2) is 8.55. The van der Waals surface area contributed by atoms with E-state index in [1.807, 2.05) is 18.2 Å². The van der Waals surface area contributed by atoms with Crippen LogP contribution in [0.5, 0.6) is 5.75 Å². The van der Waals surface area contributed by atoms with Crippen molar-refractivity contribution in [2.24, 2.45) is 0 Å². The average molecular weight is 451 g/mol. The molecule has 2 aromatic rings. The molecule has 2 heterocycles. The molecule has 2 aliphatic rings. The SMILES string of the molecule is O=C(COc1ccccc1)N1CCC2(CC1)OCCN2S(=O)(=O)c1ccc(Cl)cc1. The maximum Gasteiger partial charge on any atom is 0.260 e. The average Bonchev–Trinajstić information content (AvgIpc) is 3.17. The number of sulfonamides is 1. The van der Waals surface area contributed by atoms with Gasteiger partial charge in [0, 0.05) is 37.5 Å². The largest absolute Gasteiger partial charge is 0.484 e. The Morgan fingerprint density at radius 3 is 2.37 bits per heavy atom. The van der Waals surface area contributed by atoms with Crippen LogP contribution < -0.4 is 4.74 Å². The predicted molar refractivity (Wildman–Crippen MR) is 112 cm³/mol. The van der Waals surface area contributed by atoms with Gasteiger partial charge in [-0.15, -0.1) is 0 Å². The lowest BCUT2D eigenvalue weighted by Gasteiger charge is -2.42. The Balaban J connectivity index is 1.41. The molecule has 0 unspecified atom stereocenters. The van der Waals surface area contributed by atoms with Crippen molar-refractivity contribution in [3.8, 4) is 5.75 Å². The maximum absolute atomic E-state index is 13.2. The van der Waals surface area contributed by atoms with Crippen molar-refractivity contribution in [3.63, 3.8) is 0 Å². The molecular weight excluding hydrogens is 428 g/mol. The topological polar surface area (TPSA) is 76.2 Å². The van der Waals surface area contributed by atoms with Crippen molar-refractivity contribution >= 4 is 27.5 Å². The maximum atomic E-state index is 13.2. The van der Waals surface area contributed by atoms with E-state index in [1.165, 1.54) is 16.4 Å². The first-order valence-corrected chi connectivity index (χ1v) is 11.6. The number of nitrogens with zero attached hydrogens (tertiary/aromatic N) is 2. The summed E-state index contributed by atoms with van der Waals surface area (Å²) in [6.07, 6.45) is 0.827. The van der Waals surface area contributed by atoms with Gasteiger partial charge >= 0.3 is 0 Å². The van der Waals surface area contributed by atoms with E-state index in [0.717, 1.165) is 0 Å². The number of ether oxygens (including phenoxy) is 2. The monoisotopic (exact) mass is 450 g/mol. The zero-order valence-corrected chi connectivity index (χ0v) is 17.9. The third kappa shape index (κ3) is 4.18. The number of piperidine rings is 1. The Kier molecular flexibility index (Phi) is 6.02. The summed E-state index contributed by atoms with van der Waals surface area (Å²) in [5, 5.41) is 0.478. The van der Waals surface area contributed by atoms with Gasteiger partial charge in [-0.1, -0.05) is 29.8 Å². The fourth-order valence-corrected chi connectivity index (χ4v) is 5.77. The van der Waals surface area contributed by atoms with Gasteiger partial charge < -0.3 is 14.4 Å². The fraction of sp³-hybridized carbons (Fsp3) is 0.381. The zero-order valence-electron chi connectivity index (χ0n) is 16.4. The molecule has 30 heavy (non-hydrogen) atoms. The molecule has 160 valence electrons. The van der Waals surface area contributed by atoms with Crippen LogP contribution in [0.25, 0.3) is 0 Å². The van der Waals surface area contributed by atoms with Crippen LogP contribution in [0, 0.1) is 0 Å². The number of hydrogen-bond donors (Lipinski definition) is 0. The minimum absolute atomic E-state index is 0.0509. The fourth-order valence-electron chi connectivity index (χ4n) is 3.92. The summed E-state index contributed by atoms with van der Waals surface area (Å²) < 4.78 is 39.3. The van der Waals surface area contributed by atoms with Crippen LogP contribution >= 0.6 is 11.6 Å². The first kappa shape index (κ1) is 21.1. The molecule has 0 aromatic heterocycles. The van der Waals surface area contributed by atoms with Crippen molar-refractivity contribution in [1.29, 1.82) is 0 Å². The molecule has 2 aromatic carbocycles. The molecule has 0 aliphatic carbocycles. The number of carbonyl (C=O) groups excluding carboxylic acids is 1. The molecule has 0 N–H and O–H groups in total. The predicted octanol–water partition coefficient (Wildman–Crippen LogP) is 2.76. The number of para-hydroxylation sites is 1. The number of likely N-dealkylation sites (tertiary alicyclic amines) is 1. The summed E-state index contributed by atoms with van der Waals surface area (Å²) in [4.78, 5) is 14.4. The lowest BCUT2D eigenvalue weighted by Crippen LogP contribution is -2.56. The van der Waals surface area contributed by atoms with E-state index >= 15 is 0 Å². The minimum atomic E-state index is -3.73. The molecular formula is C21H23ClN2O5S. The van der Waals surface area contributed by atoms with Crippen LogP contribution in [-0.2, 0) is 19.6 Å². The Morgan fingerprint density at radius 2 is 1.70 bits per heavy atom. The quantitative estimate of drug-likeness (QED) is 0.700. The third-order valence-electron chi connectivity index (χ3n) is 5.52. The minimum Gasteiger partial charge on any atom is -0.484 e. The Labute approximate surface area is 181 Å². The molecule has 2 fully saturated rings. The van der Waals surface area contributed by atoms with Crippen LogP contribution in [0.3, 0.4) is 0 Å². The molecule has 7 nitrogen and oxygen atoms in total. The van der Waals surface area contributed by atoms with Crippen molar-refractivity contribution in [2.75, 3.05) is 32.8 Å². The first-order valence-electron chi connectivity index (χ1n) is 9.79. The van der Waals surface area contributed by atoms with E-state index in [0.29, 0.717) is 43.3 Å². The van der Waals surface area contributed by atoms with Crippen LogP contribution in [0.4, 0.5) is 0 Å². The lowest BCUT2D eigenvalue weighted by molar-refractivity contribution is -0.142. The highest BCUT2D eigenvalue weighted by Crippen LogP contribution is 2.38. The summed E-state index contributed by atoms with van der Waals surface area (Å²) in [6, 6.07) is 15.3. The molecule has 1 spiro atoms. The molecule has 4 rings (SSSR count). The summed E-state index contributed by atoms with van der Waals surface area (Å²) in [7, 11) is -3.73. The van der Waals surface area contributed by atoms with E-state index in [-0.39, 0.29) is 24.0 Å². The van der Waals surface area contributed by atoms with E-state index in [4.69, 9.17) is 21.1 Å². The Bertz CT molecular complexity index is 990. The van der Waals surface area contributed by atoms with Crippen molar-refractivity contribution < 1.29 is 22.7 Å². The lowest BCUT2D eigenvalue weighted by atomic mass is 10.0. The van der Waals surface area contributed by atoms with Gasteiger partial charge in [0.25, 0.3) is 5.91 Å². The number of benzene rings is 2. The summed E-state index contributed by atoms with van der Waals surface area (Å²) in [5.74, 6) is 0.512. The van der Waals surface area contributed by atoms with E-state index < -0.39 is 15.7 Å². The summed E-state index contributed by atoms with van der Waals surface area (Å²) in [5.41, 5.74) is -0.921. The second-order valence-electron chi connectivity index (χ2n) is 7.31. The van der Waals surface area contributed by atoms with Gasteiger partial charge in [0.05, 0.1) is 11.5 Å². The molecule has 2 saturated heterocycles. The Morgan fingerprint density at radius 1 is 1.03 bits per heavy atom. The smallest absolute Gasteiger partial charge is 0.260 e. The molecule has 0 bridgehead atoms. The van der Waals surface area contributed by atoms with Crippen LogP contribution in [-0.4, -0.2) is 62.1 Å². The molecule has 1 amide bonds. The van der Waals surface area contributed by atoms with Gasteiger partial charge in [-0.25, -0.2) is 8.42 Å². The normalized spacial score (nSPS) is 19.2. The van der Waals surface area contributed by atoms with E-state index in [9.17, 15) is 13.2 Å². The van der Waals surface area contributed by atoms with Crippen molar-refractivity contribution in [1.82, 2.24) is 9.21 Å². The van der Waals surface area contributed by atoms with E-state index in [1.54, 1.807) is 29.2 Å². The molecule has 0 atom stereocenters. The number of halogens is 1. The standard InChI is InChI=1S/C21H23ClN2O5S/c22-17-6-8-19(9-7-17)30(26,27)24-14-15-29-21(24)10-12-23(13-11-21)20(25)16-28-18-4-2-1-3-5-18/h1-9H,10-16H2. The van der Waals surface area contributed by atoms with Gasteiger partial charge in [0.2, 0.25) is 10.0 Å². The van der Waals surface area contributed by atoms with Crippen LogP contribution in [0.2, 0.25) is 5.02 Å². The van der Waals surface area contributed by atoms with Gasteiger partial charge in [0.15, 0.2) is 6.61 Å². The van der Waals surface area contributed by atoms with Crippen LogP contribution in [0.1, 0.15) is 12.8 Å². The number of carbonyl (C=O) groups is 1. The van der Waals surface area contributed by atoms with Gasteiger partial charge in [-0.2, -0.15) is 4.31 Å². The highest BCUT2D eigenvalue weighted by Gasteiger charge is 2.50. The van der Waals surface area contributed by atoms with E-state index in [2.05, 4.69) is 0 Å². The van der Waals surface area contributed by atoms with Gasteiger partial charge in [-0.3, -0.25) is 4.79 Å². The molecule has 2 aliphatic heterocycles. The van der Waals surface area contributed by atoms with Gasteiger partial charge in [0.1, 0.15) is 11.5 Å². The van der Waals surface area contributed by atoms with Crippen molar-refractivity contribution in [2.45, 2.75) is 23.5 Å². The van der Waals surface area contributed by atoms with Gasteiger partial charge in [-0.05, 0) is 36.4 Å². The van der Waals surface area contributed by atoms with Crippen molar-refractivity contribution in [3.05, 3.63) is 59.6 Å². The number of rotatable bonds is 5. The first-order chi connectivity index (χ1) is 14.4. The Hall–Kier alpha value is -2.13. The van der Waals surface area contributed by atoms with Crippen LogP contribution in [0.15, 0.2) is 59.5 Å². The molecule has 0 radical (unpaired) electrons. The number of hydrogen-bond acceptors (Lipinski definition) is 5. The highest BCUT2D eigenvalue weighted by molar-refractivity contribution is 7.89. The summed E-state index contributed by atoms with van der Waals surface area (Å²) in [6.45, 7) is 1.38. The zero-order chi connectivity index (χ0) is 21.2. The highest BCUT2D eigenvalue weighted by atomic mass is 35.5. The second-order valence-corrected chi connectivity index (χ2v) is 9.61. The third-order valence-corrected chi connectivity index (χ3v) is 7.74. The molecule has 0 saturated carbocycles. The summed E-state index contributed by atoms with van der Waals surface area (Å²) >= 11 is 5.89. The number of amides is 1. The molecule has 9 heteroatoms.